The van der Waals surface area contributed by atoms with Crippen molar-refractivity contribution in [2.24, 2.45) is 17.6 Å². The van der Waals surface area contributed by atoms with Crippen molar-refractivity contribution < 1.29 is 0 Å². The Morgan fingerprint density at radius 2 is 2.23 bits per heavy atom. The molecule has 0 aromatic heterocycles. The minimum absolute atomic E-state index is 0.431. The Balaban J connectivity index is 1.85. The fraction of sp³-hybridized carbons (Fsp3) is 1.00. The van der Waals surface area contributed by atoms with E-state index in [4.69, 9.17) is 5.73 Å². The van der Waals surface area contributed by atoms with Gasteiger partial charge in [0.15, 0.2) is 0 Å². The molecular formula is C10H21N3. The Morgan fingerprint density at radius 3 is 2.77 bits per heavy atom. The van der Waals surface area contributed by atoms with E-state index >= 15 is 0 Å². The first-order valence-corrected chi connectivity index (χ1v) is 5.42. The first-order chi connectivity index (χ1) is 6.27. The van der Waals surface area contributed by atoms with Gasteiger partial charge in [-0.25, -0.2) is 0 Å². The molecule has 0 aromatic carbocycles. The van der Waals surface area contributed by atoms with Crippen LogP contribution in [0.4, 0.5) is 0 Å². The number of rotatable bonds is 2. The molecule has 2 saturated heterocycles. The zero-order chi connectivity index (χ0) is 9.26. The molecule has 0 aliphatic carbocycles. The second-order valence-corrected chi connectivity index (χ2v) is 4.64. The van der Waals surface area contributed by atoms with Crippen LogP contribution in [0.5, 0.6) is 0 Å². The zero-order valence-electron chi connectivity index (χ0n) is 8.50. The normalized spacial score (nSPS) is 38.3. The van der Waals surface area contributed by atoms with Crippen LogP contribution in [-0.4, -0.2) is 44.2 Å². The lowest BCUT2D eigenvalue weighted by molar-refractivity contribution is 0.313. The molecule has 76 valence electrons. The molecular weight excluding hydrogens is 162 g/mol. The third-order valence-electron chi connectivity index (χ3n) is 3.61. The van der Waals surface area contributed by atoms with Crippen molar-refractivity contribution >= 4 is 0 Å². The maximum Gasteiger partial charge on any atom is 0.0121 e. The van der Waals surface area contributed by atoms with Crippen molar-refractivity contribution in [1.29, 1.82) is 0 Å². The summed E-state index contributed by atoms with van der Waals surface area (Å²) in [7, 11) is 2.19. The Labute approximate surface area is 80.7 Å². The van der Waals surface area contributed by atoms with Gasteiger partial charge in [0.1, 0.15) is 0 Å². The predicted octanol–water partition coefficient (Wildman–Crippen LogP) is -0.125. The van der Waals surface area contributed by atoms with Crippen LogP contribution < -0.4 is 11.1 Å². The Morgan fingerprint density at radius 1 is 1.38 bits per heavy atom. The summed E-state index contributed by atoms with van der Waals surface area (Å²) in [6.45, 7) is 4.75. The summed E-state index contributed by atoms with van der Waals surface area (Å²) in [6.07, 6.45) is 2.58. The van der Waals surface area contributed by atoms with Gasteiger partial charge in [-0.15, -0.1) is 0 Å². The molecule has 2 aliphatic heterocycles. The molecule has 0 aromatic rings. The van der Waals surface area contributed by atoms with Crippen molar-refractivity contribution in [3.05, 3.63) is 0 Å². The van der Waals surface area contributed by atoms with Crippen LogP contribution in [0, 0.1) is 11.8 Å². The lowest BCUT2D eigenvalue weighted by atomic mass is 9.88. The molecule has 0 saturated carbocycles. The van der Waals surface area contributed by atoms with Gasteiger partial charge in [0.2, 0.25) is 0 Å². The Bertz CT molecular complexity index is 166. The summed E-state index contributed by atoms with van der Waals surface area (Å²) in [6, 6.07) is 0.431. The lowest BCUT2D eigenvalue weighted by Gasteiger charge is -2.24. The summed E-state index contributed by atoms with van der Waals surface area (Å²) >= 11 is 0. The number of likely N-dealkylation sites (tertiary alicyclic amines) is 1. The number of hydrogen-bond donors (Lipinski definition) is 2. The molecule has 0 radical (unpaired) electrons. The summed E-state index contributed by atoms with van der Waals surface area (Å²) in [5.41, 5.74) is 6.28. The predicted molar refractivity (Wildman–Crippen MR) is 54.6 cm³/mol. The van der Waals surface area contributed by atoms with Crippen molar-refractivity contribution in [2.45, 2.75) is 18.9 Å². The van der Waals surface area contributed by atoms with E-state index in [1.165, 1.54) is 32.5 Å². The highest BCUT2D eigenvalue weighted by molar-refractivity contribution is 4.89. The van der Waals surface area contributed by atoms with E-state index in [9.17, 15) is 0 Å². The Hall–Kier alpha value is -0.120. The van der Waals surface area contributed by atoms with Crippen molar-refractivity contribution in [3.8, 4) is 0 Å². The highest BCUT2D eigenvalue weighted by Crippen LogP contribution is 2.24. The highest BCUT2D eigenvalue weighted by Gasteiger charge is 2.31. The topological polar surface area (TPSA) is 41.3 Å². The average Bonchev–Trinajstić information content (AvgIpc) is 2.72. The molecule has 2 fully saturated rings. The van der Waals surface area contributed by atoms with E-state index in [1.807, 2.05) is 0 Å². The van der Waals surface area contributed by atoms with Crippen LogP contribution >= 0.6 is 0 Å². The molecule has 2 heterocycles. The average molecular weight is 183 g/mol. The number of hydrogen-bond acceptors (Lipinski definition) is 3. The van der Waals surface area contributed by atoms with Crippen LogP contribution in [0.2, 0.25) is 0 Å². The first-order valence-electron chi connectivity index (χ1n) is 5.42. The molecule has 0 bridgehead atoms. The SMILES string of the molecule is CN1CCC(C(N)C2CCNC2)C1. The molecule has 3 heteroatoms. The van der Waals surface area contributed by atoms with Crippen LogP contribution in [0.1, 0.15) is 12.8 Å². The van der Waals surface area contributed by atoms with Crippen LogP contribution in [0.25, 0.3) is 0 Å². The van der Waals surface area contributed by atoms with E-state index < -0.39 is 0 Å². The van der Waals surface area contributed by atoms with E-state index in [0.717, 1.165) is 18.4 Å². The maximum absolute atomic E-state index is 6.28. The van der Waals surface area contributed by atoms with Crippen molar-refractivity contribution in [2.75, 3.05) is 33.2 Å². The molecule has 3 N–H and O–H groups in total. The minimum Gasteiger partial charge on any atom is -0.327 e. The standard InChI is InChI=1S/C10H21N3/c1-13-5-3-9(7-13)10(11)8-2-4-12-6-8/h8-10,12H,2-7,11H2,1H3. The van der Waals surface area contributed by atoms with E-state index in [0.29, 0.717) is 6.04 Å². The van der Waals surface area contributed by atoms with Gasteiger partial charge in [-0.3, -0.25) is 0 Å². The summed E-state index contributed by atoms with van der Waals surface area (Å²) in [5.74, 6) is 1.48. The number of nitrogens with two attached hydrogens (primary N) is 1. The largest absolute Gasteiger partial charge is 0.327 e. The third-order valence-corrected chi connectivity index (χ3v) is 3.61. The van der Waals surface area contributed by atoms with Crippen LogP contribution in [-0.2, 0) is 0 Å². The third kappa shape index (κ3) is 2.03. The van der Waals surface area contributed by atoms with Gasteiger partial charge >= 0.3 is 0 Å². The minimum atomic E-state index is 0.431. The van der Waals surface area contributed by atoms with Gasteiger partial charge in [-0.1, -0.05) is 0 Å². The van der Waals surface area contributed by atoms with Crippen LogP contribution in [0.15, 0.2) is 0 Å². The fourth-order valence-corrected chi connectivity index (χ4v) is 2.67. The van der Waals surface area contributed by atoms with Gasteiger partial charge in [0.25, 0.3) is 0 Å². The van der Waals surface area contributed by atoms with Crippen molar-refractivity contribution in [3.63, 3.8) is 0 Å². The molecule has 2 aliphatic rings. The number of nitrogens with zero attached hydrogens (tertiary/aromatic N) is 1. The van der Waals surface area contributed by atoms with Crippen LogP contribution in [0.3, 0.4) is 0 Å². The number of nitrogens with one attached hydrogen (secondary N) is 1. The van der Waals surface area contributed by atoms with Crippen molar-refractivity contribution in [1.82, 2.24) is 10.2 Å². The molecule has 13 heavy (non-hydrogen) atoms. The second-order valence-electron chi connectivity index (χ2n) is 4.64. The lowest BCUT2D eigenvalue weighted by Crippen LogP contribution is -2.39. The maximum atomic E-state index is 6.28. The van der Waals surface area contributed by atoms with Gasteiger partial charge in [0, 0.05) is 12.6 Å². The molecule has 3 nitrogen and oxygen atoms in total. The second kappa shape index (κ2) is 3.95. The van der Waals surface area contributed by atoms with Gasteiger partial charge in [-0.05, 0) is 51.4 Å². The van der Waals surface area contributed by atoms with E-state index in [1.54, 1.807) is 0 Å². The smallest absolute Gasteiger partial charge is 0.0121 e. The van der Waals surface area contributed by atoms with Gasteiger partial charge in [0.05, 0.1) is 0 Å². The molecule has 3 atom stereocenters. The summed E-state index contributed by atoms with van der Waals surface area (Å²) < 4.78 is 0. The molecule has 3 unspecified atom stereocenters. The first kappa shape index (κ1) is 9.44. The summed E-state index contributed by atoms with van der Waals surface area (Å²) in [4.78, 5) is 2.40. The summed E-state index contributed by atoms with van der Waals surface area (Å²) in [5, 5.41) is 3.39. The molecule has 2 rings (SSSR count). The molecule has 0 spiro atoms. The van der Waals surface area contributed by atoms with E-state index in [-0.39, 0.29) is 0 Å². The van der Waals surface area contributed by atoms with E-state index in [2.05, 4.69) is 17.3 Å². The van der Waals surface area contributed by atoms with Gasteiger partial charge < -0.3 is 16.0 Å². The highest BCUT2D eigenvalue weighted by atomic mass is 15.1. The molecule has 0 amide bonds. The quantitative estimate of drug-likeness (QED) is 0.627. The fourth-order valence-electron chi connectivity index (χ4n) is 2.67. The monoisotopic (exact) mass is 183 g/mol. The Kier molecular flexibility index (Phi) is 2.86. The van der Waals surface area contributed by atoms with Gasteiger partial charge in [-0.2, -0.15) is 0 Å². The zero-order valence-corrected chi connectivity index (χ0v) is 8.50.